The van der Waals surface area contributed by atoms with Gasteiger partial charge in [-0.2, -0.15) is 0 Å². The Balaban J connectivity index is 1.86. The Bertz CT molecular complexity index is 1350. The Morgan fingerprint density at radius 3 is 2.21 bits per heavy atom. The average molecular weight is 570 g/mol. The molecule has 0 aromatic heterocycles. The van der Waals surface area contributed by atoms with E-state index < -0.39 is 16.1 Å². The van der Waals surface area contributed by atoms with Gasteiger partial charge in [-0.3, -0.25) is 13.9 Å². The predicted molar refractivity (Wildman–Crippen MR) is 157 cm³/mol. The van der Waals surface area contributed by atoms with Gasteiger partial charge in [-0.25, -0.2) is 8.42 Å². The number of nitrogens with one attached hydrogen (secondary N) is 1. The fourth-order valence-electron chi connectivity index (χ4n) is 4.43. The lowest BCUT2D eigenvalue weighted by atomic mass is 10.0. The van der Waals surface area contributed by atoms with E-state index >= 15 is 0 Å². The molecule has 3 aromatic rings. The quantitative estimate of drug-likeness (QED) is 0.315. The number of hydrogen-bond acceptors (Lipinski definition) is 4. The van der Waals surface area contributed by atoms with Crippen molar-refractivity contribution in [3.05, 3.63) is 101 Å². The molecule has 0 heterocycles. The standard InChI is InChI=1S/C30H36ClN3O4S/c1-4-32-30(36)28(21-24-12-6-5-7-13-24)33(22-25-14-9-8-11-23(25)2)29(35)15-10-20-34(39(3,37)38)27-18-16-26(31)17-19-27/h5-9,11-14,16-19,28H,4,10,15,20-22H2,1-3H3,(H,32,36)/t28-/m0/s1. The fraction of sp³-hybridized carbons (Fsp3) is 0.333. The smallest absolute Gasteiger partial charge is 0.243 e. The maximum absolute atomic E-state index is 13.8. The molecule has 3 aromatic carbocycles. The van der Waals surface area contributed by atoms with Gasteiger partial charge in [-0.15, -0.1) is 0 Å². The van der Waals surface area contributed by atoms with Crippen LogP contribution in [0.3, 0.4) is 0 Å². The lowest BCUT2D eigenvalue weighted by molar-refractivity contribution is -0.141. The van der Waals surface area contributed by atoms with Gasteiger partial charge in [0.05, 0.1) is 11.9 Å². The van der Waals surface area contributed by atoms with Gasteiger partial charge in [0.25, 0.3) is 0 Å². The molecule has 0 fully saturated rings. The predicted octanol–water partition coefficient (Wildman–Crippen LogP) is 4.97. The van der Waals surface area contributed by atoms with Gasteiger partial charge in [-0.05, 0) is 61.2 Å². The third-order valence-corrected chi connectivity index (χ3v) is 7.94. The van der Waals surface area contributed by atoms with Gasteiger partial charge in [0.1, 0.15) is 6.04 Å². The number of carbonyl (C=O) groups excluding carboxylic acids is 2. The number of amides is 2. The number of likely N-dealkylation sites (N-methyl/N-ethyl adjacent to an activating group) is 1. The summed E-state index contributed by atoms with van der Waals surface area (Å²) in [5.41, 5.74) is 3.40. The molecule has 39 heavy (non-hydrogen) atoms. The maximum atomic E-state index is 13.8. The molecule has 0 aliphatic rings. The number of anilines is 1. The van der Waals surface area contributed by atoms with Crippen LogP contribution in [0.5, 0.6) is 0 Å². The van der Waals surface area contributed by atoms with Crippen LogP contribution in [-0.4, -0.2) is 50.5 Å². The minimum absolute atomic E-state index is 0.0795. The highest BCUT2D eigenvalue weighted by Crippen LogP contribution is 2.22. The van der Waals surface area contributed by atoms with Crippen LogP contribution < -0.4 is 9.62 Å². The number of sulfonamides is 1. The third kappa shape index (κ3) is 8.83. The van der Waals surface area contributed by atoms with Crippen LogP contribution in [0.4, 0.5) is 5.69 Å². The Morgan fingerprint density at radius 2 is 1.59 bits per heavy atom. The summed E-state index contributed by atoms with van der Waals surface area (Å²) in [7, 11) is -3.58. The monoisotopic (exact) mass is 569 g/mol. The van der Waals surface area contributed by atoms with Crippen molar-refractivity contribution < 1.29 is 18.0 Å². The van der Waals surface area contributed by atoms with E-state index in [4.69, 9.17) is 11.6 Å². The van der Waals surface area contributed by atoms with Crippen molar-refractivity contribution in [1.82, 2.24) is 10.2 Å². The minimum Gasteiger partial charge on any atom is -0.355 e. The number of halogens is 1. The van der Waals surface area contributed by atoms with Crippen LogP contribution in [0, 0.1) is 6.92 Å². The molecule has 0 unspecified atom stereocenters. The van der Waals surface area contributed by atoms with E-state index in [-0.39, 0.29) is 37.7 Å². The zero-order valence-electron chi connectivity index (χ0n) is 22.6. The molecule has 0 aliphatic heterocycles. The second-order valence-corrected chi connectivity index (χ2v) is 11.8. The van der Waals surface area contributed by atoms with Crippen LogP contribution in [-0.2, 0) is 32.6 Å². The van der Waals surface area contributed by atoms with E-state index in [1.807, 2.05) is 68.4 Å². The van der Waals surface area contributed by atoms with Crippen molar-refractivity contribution in [3.63, 3.8) is 0 Å². The molecule has 9 heteroatoms. The Hall–Kier alpha value is -3.36. The summed E-state index contributed by atoms with van der Waals surface area (Å²) in [5.74, 6) is -0.433. The number of benzene rings is 3. The fourth-order valence-corrected chi connectivity index (χ4v) is 5.52. The van der Waals surface area contributed by atoms with Gasteiger partial charge in [0.2, 0.25) is 21.8 Å². The molecule has 0 saturated carbocycles. The van der Waals surface area contributed by atoms with Gasteiger partial charge in [-0.1, -0.05) is 66.2 Å². The summed E-state index contributed by atoms with van der Waals surface area (Å²) in [4.78, 5) is 28.7. The van der Waals surface area contributed by atoms with Crippen molar-refractivity contribution in [1.29, 1.82) is 0 Å². The first kappa shape index (κ1) is 30.2. The van der Waals surface area contributed by atoms with E-state index in [0.29, 0.717) is 23.7 Å². The van der Waals surface area contributed by atoms with Gasteiger partial charge in [0, 0.05) is 37.5 Å². The van der Waals surface area contributed by atoms with Gasteiger partial charge >= 0.3 is 0 Å². The minimum atomic E-state index is -3.58. The number of aryl methyl sites for hydroxylation is 1. The largest absolute Gasteiger partial charge is 0.355 e. The van der Waals surface area contributed by atoms with Crippen molar-refractivity contribution in [2.45, 2.75) is 45.7 Å². The van der Waals surface area contributed by atoms with E-state index in [1.54, 1.807) is 29.2 Å². The summed E-state index contributed by atoms with van der Waals surface area (Å²) < 4.78 is 26.3. The normalized spacial score (nSPS) is 12.0. The molecule has 0 aliphatic carbocycles. The Kier molecular flexibility index (Phi) is 10.9. The van der Waals surface area contributed by atoms with Crippen molar-refractivity contribution in [2.24, 2.45) is 0 Å². The molecular weight excluding hydrogens is 534 g/mol. The SMILES string of the molecule is CCNC(=O)[C@H](Cc1ccccc1)N(Cc1ccccc1C)C(=O)CCCN(c1ccc(Cl)cc1)S(C)(=O)=O. The van der Waals surface area contributed by atoms with Crippen LogP contribution in [0.2, 0.25) is 5.02 Å². The highest BCUT2D eigenvalue weighted by atomic mass is 35.5. The molecule has 7 nitrogen and oxygen atoms in total. The van der Waals surface area contributed by atoms with Gasteiger partial charge in [0.15, 0.2) is 0 Å². The van der Waals surface area contributed by atoms with Crippen LogP contribution in [0.25, 0.3) is 0 Å². The van der Waals surface area contributed by atoms with E-state index in [0.717, 1.165) is 22.9 Å². The van der Waals surface area contributed by atoms with Crippen LogP contribution >= 0.6 is 11.6 Å². The van der Waals surface area contributed by atoms with E-state index in [2.05, 4.69) is 5.32 Å². The Labute approximate surface area is 236 Å². The molecule has 0 spiro atoms. The number of hydrogen-bond donors (Lipinski definition) is 1. The maximum Gasteiger partial charge on any atom is 0.243 e. The average Bonchev–Trinajstić information content (AvgIpc) is 2.90. The first-order valence-corrected chi connectivity index (χ1v) is 15.2. The van der Waals surface area contributed by atoms with Crippen LogP contribution in [0.15, 0.2) is 78.9 Å². The van der Waals surface area contributed by atoms with Gasteiger partial charge < -0.3 is 10.2 Å². The molecule has 0 bridgehead atoms. The summed E-state index contributed by atoms with van der Waals surface area (Å²) in [6, 6.07) is 23.2. The second-order valence-electron chi connectivity index (χ2n) is 9.46. The summed E-state index contributed by atoms with van der Waals surface area (Å²) >= 11 is 5.97. The van der Waals surface area contributed by atoms with E-state index in [1.165, 1.54) is 4.31 Å². The van der Waals surface area contributed by atoms with E-state index in [9.17, 15) is 18.0 Å². The zero-order valence-corrected chi connectivity index (χ0v) is 24.2. The van der Waals surface area contributed by atoms with Crippen LogP contribution in [0.1, 0.15) is 36.5 Å². The molecule has 0 saturated heterocycles. The lowest BCUT2D eigenvalue weighted by Gasteiger charge is -2.32. The van der Waals surface area contributed by atoms with Crippen molar-refractivity contribution in [3.8, 4) is 0 Å². The number of carbonyl (C=O) groups is 2. The molecule has 1 atom stereocenters. The van der Waals surface area contributed by atoms with Crippen molar-refractivity contribution in [2.75, 3.05) is 23.7 Å². The summed E-state index contributed by atoms with van der Waals surface area (Å²) in [6.45, 7) is 4.66. The molecule has 208 valence electrons. The highest BCUT2D eigenvalue weighted by molar-refractivity contribution is 7.92. The highest BCUT2D eigenvalue weighted by Gasteiger charge is 2.30. The molecule has 2 amide bonds. The first-order valence-electron chi connectivity index (χ1n) is 13.0. The molecular formula is C30H36ClN3O4S. The first-order chi connectivity index (χ1) is 18.6. The lowest BCUT2D eigenvalue weighted by Crippen LogP contribution is -2.50. The second kappa shape index (κ2) is 14.1. The molecule has 3 rings (SSSR count). The molecule has 0 radical (unpaired) electrons. The third-order valence-electron chi connectivity index (χ3n) is 6.49. The number of rotatable bonds is 13. The molecule has 1 N–H and O–H groups in total. The Morgan fingerprint density at radius 1 is 0.949 bits per heavy atom. The topological polar surface area (TPSA) is 86.8 Å². The summed E-state index contributed by atoms with van der Waals surface area (Å²) in [5, 5.41) is 3.39. The summed E-state index contributed by atoms with van der Waals surface area (Å²) in [6.07, 6.45) is 1.87. The zero-order chi connectivity index (χ0) is 28.4. The van der Waals surface area contributed by atoms with Crippen molar-refractivity contribution >= 4 is 39.1 Å². The number of nitrogens with zero attached hydrogens (tertiary/aromatic N) is 2.